The van der Waals surface area contributed by atoms with Crippen LogP contribution in [-0.4, -0.2) is 20.7 Å². The van der Waals surface area contributed by atoms with Gasteiger partial charge in [-0.25, -0.2) is 0 Å². The van der Waals surface area contributed by atoms with Crippen LogP contribution in [0.15, 0.2) is 66.3 Å². The molecule has 1 N–H and O–H groups in total. The minimum absolute atomic E-state index is 0.176. The van der Waals surface area contributed by atoms with Gasteiger partial charge < -0.3 is 4.57 Å². The van der Waals surface area contributed by atoms with Crippen LogP contribution in [0.1, 0.15) is 15.9 Å². The molecule has 0 saturated carbocycles. The van der Waals surface area contributed by atoms with Gasteiger partial charge in [0, 0.05) is 29.2 Å². The Morgan fingerprint density at radius 2 is 2.00 bits per heavy atom. The van der Waals surface area contributed by atoms with Gasteiger partial charge in [0.2, 0.25) is 5.13 Å². The molecule has 0 unspecified atom stereocenters. The van der Waals surface area contributed by atoms with Gasteiger partial charge in [-0.15, -0.1) is 10.2 Å². The number of hydrogen-bond donors (Lipinski definition) is 1. The van der Waals surface area contributed by atoms with Crippen molar-refractivity contribution in [3.05, 3.63) is 77.4 Å². The highest BCUT2D eigenvalue weighted by molar-refractivity contribution is 7.13. The third-order valence-electron chi connectivity index (χ3n) is 3.81. The van der Waals surface area contributed by atoms with Gasteiger partial charge in [-0.1, -0.05) is 41.7 Å². The van der Waals surface area contributed by atoms with Gasteiger partial charge in [-0.05, 0) is 29.8 Å². The van der Waals surface area contributed by atoms with Gasteiger partial charge in [0.15, 0.2) is 0 Å². The number of hydrogen-bond acceptors (Lipinski definition) is 4. The molecule has 2 aromatic heterocycles. The SMILES string of the molecule is O=C(Nc1nncs1)c1ccc2c(ccn2Cc2ccccc2)c1. The lowest BCUT2D eigenvalue weighted by Gasteiger charge is -2.06. The number of carbonyl (C=O) groups excluding carboxylic acids is 1. The van der Waals surface area contributed by atoms with Gasteiger partial charge in [-0.2, -0.15) is 0 Å². The number of nitrogens with one attached hydrogen (secondary N) is 1. The van der Waals surface area contributed by atoms with Gasteiger partial charge in [0.05, 0.1) is 0 Å². The standard InChI is InChI=1S/C18H14N4OS/c23-17(20-18-21-19-12-24-18)15-6-7-16-14(10-15)8-9-22(16)11-13-4-2-1-3-5-13/h1-10,12H,11H2,(H,20,21,23). The summed E-state index contributed by atoms with van der Waals surface area (Å²) in [5.74, 6) is -0.176. The molecule has 118 valence electrons. The van der Waals surface area contributed by atoms with Crippen LogP contribution in [0.3, 0.4) is 0 Å². The molecule has 4 aromatic rings. The number of carbonyl (C=O) groups is 1. The molecule has 0 aliphatic carbocycles. The van der Waals surface area contributed by atoms with Crippen molar-refractivity contribution in [2.45, 2.75) is 6.54 Å². The van der Waals surface area contributed by atoms with Gasteiger partial charge in [0.1, 0.15) is 5.51 Å². The lowest BCUT2D eigenvalue weighted by atomic mass is 10.1. The second-order valence-corrected chi connectivity index (χ2v) is 6.23. The van der Waals surface area contributed by atoms with Crippen LogP contribution < -0.4 is 5.32 Å². The molecule has 0 fully saturated rings. The van der Waals surface area contributed by atoms with Crippen molar-refractivity contribution < 1.29 is 4.79 Å². The molecular weight excluding hydrogens is 320 g/mol. The first-order valence-corrected chi connectivity index (χ1v) is 8.38. The molecule has 5 nitrogen and oxygen atoms in total. The summed E-state index contributed by atoms with van der Waals surface area (Å²) in [6.45, 7) is 0.806. The quantitative estimate of drug-likeness (QED) is 0.617. The van der Waals surface area contributed by atoms with Crippen LogP contribution in [0.25, 0.3) is 10.9 Å². The van der Waals surface area contributed by atoms with Gasteiger partial charge in [-0.3, -0.25) is 10.1 Å². The van der Waals surface area contributed by atoms with E-state index in [9.17, 15) is 4.79 Å². The van der Waals surface area contributed by atoms with Crippen LogP contribution in [-0.2, 0) is 6.54 Å². The minimum atomic E-state index is -0.176. The van der Waals surface area contributed by atoms with E-state index in [1.807, 2.05) is 48.7 Å². The highest BCUT2D eigenvalue weighted by atomic mass is 32.1. The first-order valence-electron chi connectivity index (χ1n) is 7.50. The number of aromatic nitrogens is 3. The van der Waals surface area contributed by atoms with Crippen LogP contribution >= 0.6 is 11.3 Å². The summed E-state index contributed by atoms with van der Waals surface area (Å²) in [6.07, 6.45) is 2.05. The van der Waals surface area contributed by atoms with Crippen LogP contribution in [0.2, 0.25) is 0 Å². The summed E-state index contributed by atoms with van der Waals surface area (Å²) in [5, 5.41) is 11.8. The molecule has 6 heteroatoms. The molecule has 0 radical (unpaired) electrons. The monoisotopic (exact) mass is 334 g/mol. The van der Waals surface area contributed by atoms with Gasteiger partial charge >= 0.3 is 0 Å². The number of amides is 1. The molecule has 1 amide bonds. The zero-order valence-electron chi connectivity index (χ0n) is 12.7. The van der Waals surface area contributed by atoms with Crippen molar-refractivity contribution in [1.82, 2.24) is 14.8 Å². The maximum absolute atomic E-state index is 12.3. The Morgan fingerprint density at radius 3 is 2.79 bits per heavy atom. The topological polar surface area (TPSA) is 59.8 Å². The molecule has 2 heterocycles. The summed E-state index contributed by atoms with van der Waals surface area (Å²) in [5.41, 5.74) is 4.54. The molecule has 0 atom stereocenters. The second kappa shape index (κ2) is 6.25. The average Bonchev–Trinajstić information content (AvgIpc) is 3.25. The molecule has 4 rings (SSSR count). The predicted molar refractivity (Wildman–Crippen MR) is 95.3 cm³/mol. The summed E-state index contributed by atoms with van der Waals surface area (Å²) in [4.78, 5) is 12.3. The highest BCUT2D eigenvalue weighted by Crippen LogP contribution is 2.20. The zero-order valence-corrected chi connectivity index (χ0v) is 13.5. The van der Waals surface area contributed by atoms with E-state index in [2.05, 4.69) is 32.2 Å². The van der Waals surface area contributed by atoms with E-state index in [1.54, 1.807) is 5.51 Å². The van der Waals surface area contributed by atoms with Crippen LogP contribution in [0, 0.1) is 0 Å². The fourth-order valence-corrected chi connectivity index (χ4v) is 3.10. The predicted octanol–water partition coefficient (Wildman–Crippen LogP) is 3.79. The Balaban J connectivity index is 1.59. The summed E-state index contributed by atoms with van der Waals surface area (Å²) < 4.78 is 2.18. The third-order valence-corrected chi connectivity index (χ3v) is 4.42. The molecule has 2 aromatic carbocycles. The maximum atomic E-state index is 12.3. The Kier molecular flexibility index (Phi) is 3.80. The fourth-order valence-electron chi connectivity index (χ4n) is 2.66. The minimum Gasteiger partial charge on any atom is -0.343 e. The normalized spacial score (nSPS) is 10.8. The molecule has 0 aliphatic heterocycles. The van der Waals surface area contributed by atoms with Crippen molar-refractivity contribution in [3.8, 4) is 0 Å². The lowest BCUT2D eigenvalue weighted by Crippen LogP contribution is -2.11. The lowest BCUT2D eigenvalue weighted by molar-refractivity contribution is 0.102. The highest BCUT2D eigenvalue weighted by Gasteiger charge is 2.10. The first kappa shape index (κ1) is 14.6. The number of fused-ring (bicyclic) bond motifs is 1. The average molecular weight is 334 g/mol. The molecule has 0 saturated heterocycles. The Bertz CT molecular complexity index is 977. The van der Waals surface area contributed by atoms with Crippen molar-refractivity contribution in [1.29, 1.82) is 0 Å². The molecule has 0 bridgehead atoms. The maximum Gasteiger partial charge on any atom is 0.257 e. The summed E-state index contributed by atoms with van der Waals surface area (Å²) >= 11 is 1.30. The number of rotatable bonds is 4. The number of nitrogens with zero attached hydrogens (tertiary/aromatic N) is 3. The number of benzene rings is 2. The van der Waals surface area contributed by atoms with E-state index in [0.29, 0.717) is 10.7 Å². The second-order valence-electron chi connectivity index (χ2n) is 5.40. The Labute approximate surface area is 142 Å². The van der Waals surface area contributed by atoms with E-state index >= 15 is 0 Å². The van der Waals surface area contributed by atoms with E-state index in [-0.39, 0.29) is 5.91 Å². The zero-order chi connectivity index (χ0) is 16.4. The summed E-state index contributed by atoms with van der Waals surface area (Å²) in [7, 11) is 0. The van der Waals surface area contributed by atoms with Crippen molar-refractivity contribution in [3.63, 3.8) is 0 Å². The summed E-state index contributed by atoms with van der Waals surface area (Å²) in [6, 6.07) is 18.0. The Morgan fingerprint density at radius 1 is 1.12 bits per heavy atom. The smallest absolute Gasteiger partial charge is 0.257 e. The van der Waals surface area contributed by atoms with E-state index in [4.69, 9.17) is 0 Å². The molecule has 24 heavy (non-hydrogen) atoms. The van der Waals surface area contributed by atoms with Crippen LogP contribution in [0.5, 0.6) is 0 Å². The van der Waals surface area contributed by atoms with E-state index in [1.165, 1.54) is 16.9 Å². The molecular formula is C18H14N4OS. The molecule has 0 spiro atoms. The van der Waals surface area contributed by atoms with Crippen molar-refractivity contribution >= 4 is 33.3 Å². The third kappa shape index (κ3) is 2.91. The van der Waals surface area contributed by atoms with E-state index < -0.39 is 0 Å². The largest absolute Gasteiger partial charge is 0.343 e. The fraction of sp³-hybridized carbons (Fsp3) is 0.0556. The van der Waals surface area contributed by atoms with Gasteiger partial charge in [0.25, 0.3) is 5.91 Å². The first-order chi connectivity index (χ1) is 11.8. The number of anilines is 1. The van der Waals surface area contributed by atoms with E-state index in [0.717, 1.165) is 17.4 Å². The van der Waals surface area contributed by atoms with Crippen molar-refractivity contribution in [2.24, 2.45) is 0 Å². The Hall–Kier alpha value is -2.99. The van der Waals surface area contributed by atoms with Crippen molar-refractivity contribution in [2.75, 3.05) is 5.32 Å². The van der Waals surface area contributed by atoms with Crippen LogP contribution in [0.4, 0.5) is 5.13 Å². The molecule has 0 aliphatic rings.